The van der Waals surface area contributed by atoms with Crippen molar-refractivity contribution in [3.8, 4) is 0 Å². The zero-order valence-corrected chi connectivity index (χ0v) is 19.9. The SMILES string of the molecule is CN=C(NCCS(=O)(=O)N1CC(C)OC(C)C1)N(C)Cc1ccc(F)cc1.I. The standard InChI is InChI=1S/C18H29FN4O3S.HI/c1-14-11-23(12-15(2)26-14)27(24,25)10-9-21-18(20-3)22(4)13-16-5-7-17(19)8-6-16;/h5-8,14-15H,9-13H2,1-4H3,(H,20,21);1H. The summed E-state index contributed by atoms with van der Waals surface area (Å²) < 4.78 is 45.3. The van der Waals surface area contributed by atoms with Crippen LogP contribution in [0.5, 0.6) is 0 Å². The van der Waals surface area contributed by atoms with Gasteiger partial charge in [0.25, 0.3) is 0 Å². The summed E-state index contributed by atoms with van der Waals surface area (Å²) in [7, 11) is 0.121. The minimum Gasteiger partial charge on any atom is -0.373 e. The lowest BCUT2D eigenvalue weighted by Crippen LogP contribution is -2.50. The van der Waals surface area contributed by atoms with Crippen LogP contribution in [-0.2, 0) is 21.3 Å². The number of hydrogen-bond donors (Lipinski definition) is 1. The van der Waals surface area contributed by atoms with Crippen molar-refractivity contribution in [2.24, 2.45) is 4.99 Å². The van der Waals surface area contributed by atoms with Crippen LogP contribution in [0.15, 0.2) is 29.3 Å². The molecule has 0 bridgehead atoms. The lowest BCUT2D eigenvalue weighted by atomic mass is 10.2. The van der Waals surface area contributed by atoms with Crippen LogP contribution in [0.2, 0.25) is 0 Å². The fourth-order valence-electron chi connectivity index (χ4n) is 3.10. The molecule has 10 heteroatoms. The summed E-state index contributed by atoms with van der Waals surface area (Å²) in [5.74, 6) is 0.287. The second kappa shape index (κ2) is 11.3. The van der Waals surface area contributed by atoms with Gasteiger partial charge in [-0.3, -0.25) is 4.99 Å². The van der Waals surface area contributed by atoms with Crippen molar-refractivity contribution in [2.75, 3.05) is 39.5 Å². The highest BCUT2D eigenvalue weighted by atomic mass is 127. The molecule has 1 heterocycles. The summed E-state index contributed by atoms with van der Waals surface area (Å²) in [5, 5.41) is 3.08. The summed E-state index contributed by atoms with van der Waals surface area (Å²) in [6.07, 6.45) is -0.211. The highest BCUT2D eigenvalue weighted by Gasteiger charge is 2.30. The van der Waals surface area contributed by atoms with E-state index in [2.05, 4.69) is 10.3 Å². The van der Waals surface area contributed by atoms with Gasteiger partial charge in [0, 0.05) is 40.3 Å². The van der Waals surface area contributed by atoms with E-state index in [0.717, 1.165) is 5.56 Å². The van der Waals surface area contributed by atoms with Gasteiger partial charge >= 0.3 is 0 Å². The predicted octanol–water partition coefficient (Wildman–Crippen LogP) is 1.89. The second-order valence-electron chi connectivity index (χ2n) is 6.85. The third kappa shape index (κ3) is 7.45. The number of morpholine rings is 1. The third-order valence-electron chi connectivity index (χ3n) is 4.33. The van der Waals surface area contributed by atoms with Crippen molar-refractivity contribution in [3.05, 3.63) is 35.6 Å². The van der Waals surface area contributed by atoms with Crippen LogP contribution in [-0.4, -0.2) is 75.3 Å². The molecule has 1 aromatic carbocycles. The van der Waals surface area contributed by atoms with Crippen LogP contribution in [0.4, 0.5) is 4.39 Å². The minimum absolute atomic E-state index is 0. The quantitative estimate of drug-likeness (QED) is 0.347. The molecule has 2 rings (SSSR count). The first kappa shape index (κ1) is 25.1. The van der Waals surface area contributed by atoms with Crippen molar-refractivity contribution in [1.82, 2.24) is 14.5 Å². The fourth-order valence-corrected chi connectivity index (χ4v) is 4.59. The Labute approximate surface area is 184 Å². The molecule has 0 radical (unpaired) electrons. The average molecular weight is 528 g/mol. The predicted molar refractivity (Wildman–Crippen MR) is 120 cm³/mol. The smallest absolute Gasteiger partial charge is 0.216 e. The second-order valence-corrected chi connectivity index (χ2v) is 8.94. The molecule has 0 aromatic heterocycles. The maximum absolute atomic E-state index is 13.0. The Morgan fingerprint density at radius 3 is 2.39 bits per heavy atom. The van der Waals surface area contributed by atoms with Crippen LogP contribution in [0, 0.1) is 5.82 Å². The van der Waals surface area contributed by atoms with Gasteiger partial charge in [-0.15, -0.1) is 24.0 Å². The molecule has 0 aliphatic carbocycles. The zero-order valence-electron chi connectivity index (χ0n) is 16.8. The number of rotatable bonds is 6. The summed E-state index contributed by atoms with van der Waals surface area (Å²) in [6, 6.07) is 6.25. The van der Waals surface area contributed by atoms with Crippen LogP contribution in [0.1, 0.15) is 19.4 Å². The Kier molecular flexibility index (Phi) is 10.1. The molecular formula is C18H30FIN4O3S. The fraction of sp³-hybridized carbons (Fsp3) is 0.611. The molecular weight excluding hydrogens is 498 g/mol. The highest BCUT2D eigenvalue weighted by Crippen LogP contribution is 2.14. The highest BCUT2D eigenvalue weighted by molar-refractivity contribution is 14.0. The maximum Gasteiger partial charge on any atom is 0.216 e. The Bertz CT molecular complexity index is 736. The molecule has 1 aromatic rings. The summed E-state index contributed by atoms with van der Waals surface area (Å²) in [5.41, 5.74) is 0.936. The molecule has 1 N–H and O–H groups in total. The molecule has 1 saturated heterocycles. The van der Waals surface area contributed by atoms with Crippen LogP contribution >= 0.6 is 24.0 Å². The Balaban J connectivity index is 0.00000392. The number of guanidine groups is 1. The number of sulfonamides is 1. The van der Waals surface area contributed by atoms with Crippen molar-refractivity contribution in [2.45, 2.75) is 32.6 Å². The first-order valence-electron chi connectivity index (χ1n) is 9.00. The van der Waals surface area contributed by atoms with Gasteiger partial charge in [0.15, 0.2) is 5.96 Å². The van der Waals surface area contributed by atoms with E-state index in [9.17, 15) is 12.8 Å². The largest absolute Gasteiger partial charge is 0.373 e. The summed E-state index contributed by atoms with van der Waals surface area (Å²) in [6.45, 7) is 5.30. The van der Waals surface area contributed by atoms with Gasteiger partial charge in [0.1, 0.15) is 5.82 Å². The number of benzene rings is 1. The number of nitrogens with zero attached hydrogens (tertiary/aromatic N) is 3. The van der Waals surface area contributed by atoms with E-state index >= 15 is 0 Å². The number of halogens is 2. The normalized spacial score (nSPS) is 21.1. The molecule has 2 atom stereocenters. The zero-order chi connectivity index (χ0) is 20.0. The van der Waals surface area contributed by atoms with Crippen molar-refractivity contribution in [1.29, 1.82) is 0 Å². The lowest BCUT2D eigenvalue weighted by molar-refractivity contribution is -0.0440. The molecule has 1 fully saturated rings. The van der Waals surface area contributed by atoms with Gasteiger partial charge in [-0.1, -0.05) is 12.1 Å². The van der Waals surface area contributed by atoms with E-state index in [1.807, 2.05) is 25.8 Å². The molecule has 0 spiro atoms. The van der Waals surface area contributed by atoms with Crippen LogP contribution < -0.4 is 5.32 Å². The van der Waals surface area contributed by atoms with Crippen molar-refractivity contribution >= 4 is 40.0 Å². The van der Waals surface area contributed by atoms with Gasteiger partial charge < -0.3 is 15.0 Å². The summed E-state index contributed by atoms with van der Waals surface area (Å²) >= 11 is 0. The number of aliphatic imine (C=N–C) groups is 1. The van der Waals surface area contributed by atoms with E-state index in [-0.39, 0.29) is 54.3 Å². The van der Waals surface area contributed by atoms with Crippen molar-refractivity contribution in [3.63, 3.8) is 0 Å². The first-order chi connectivity index (χ1) is 12.7. The number of nitrogens with one attached hydrogen (secondary N) is 1. The molecule has 7 nitrogen and oxygen atoms in total. The van der Waals surface area contributed by atoms with Crippen LogP contribution in [0.3, 0.4) is 0 Å². The first-order valence-corrected chi connectivity index (χ1v) is 10.6. The minimum atomic E-state index is -3.37. The molecule has 2 unspecified atom stereocenters. The molecule has 1 aliphatic heterocycles. The number of hydrogen-bond acceptors (Lipinski definition) is 4. The Morgan fingerprint density at radius 2 is 1.86 bits per heavy atom. The lowest BCUT2D eigenvalue weighted by Gasteiger charge is -2.34. The monoisotopic (exact) mass is 528 g/mol. The van der Waals surface area contributed by atoms with E-state index in [0.29, 0.717) is 25.6 Å². The molecule has 0 amide bonds. The number of ether oxygens (including phenoxy) is 1. The van der Waals surface area contributed by atoms with Crippen molar-refractivity contribution < 1.29 is 17.5 Å². The van der Waals surface area contributed by atoms with Gasteiger partial charge in [-0.05, 0) is 31.5 Å². The average Bonchev–Trinajstić information content (AvgIpc) is 2.59. The van der Waals surface area contributed by atoms with E-state index < -0.39 is 10.0 Å². The van der Waals surface area contributed by atoms with E-state index in [1.54, 1.807) is 19.2 Å². The maximum atomic E-state index is 13.0. The van der Waals surface area contributed by atoms with Crippen LogP contribution in [0.25, 0.3) is 0 Å². The van der Waals surface area contributed by atoms with Gasteiger partial charge in [-0.2, -0.15) is 4.31 Å². The van der Waals surface area contributed by atoms with E-state index in [1.165, 1.54) is 16.4 Å². The third-order valence-corrected chi connectivity index (χ3v) is 6.13. The van der Waals surface area contributed by atoms with E-state index in [4.69, 9.17) is 4.74 Å². The topological polar surface area (TPSA) is 74.2 Å². The Hall–Kier alpha value is -0.980. The molecule has 160 valence electrons. The molecule has 28 heavy (non-hydrogen) atoms. The Morgan fingerprint density at radius 1 is 1.29 bits per heavy atom. The van der Waals surface area contributed by atoms with Gasteiger partial charge in [0.2, 0.25) is 10.0 Å². The summed E-state index contributed by atoms with van der Waals surface area (Å²) in [4.78, 5) is 6.05. The molecule has 0 saturated carbocycles. The van der Waals surface area contributed by atoms with Gasteiger partial charge in [-0.25, -0.2) is 12.8 Å². The molecule has 1 aliphatic rings. The van der Waals surface area contributed by atoms with Gasteiger partial charge in [0.05, 0.1) is 18.0 Å².